The van der Waals surface area contributed by atoms with Gasteiger partial charge in [0.15, 0.2) is 0 Å². The second-order valence-corrected chi connectivity index (χ2v) is 10.8. The average molecular weight is 625 g/mol. The van der Waals surface area contributed by atoms with Crippen LogP contribution in [-0.4, -0.2) is 0 Å². The quantitative estimate of drug-likeness (QED) is 0.174. The van der Waals surface area contributed by atoms with E-state index in [0.29, 0.717) is 0 Å². The summed E-state index contributed by atoms with van der Waals surface area (Å²) in [6, 6.07) is 38.8. The van der Waals surface area contributed by atoms with Gasteiger partial charge in [-0.3, -0.25) is 0 Å². The molecular formula is C32H18BrIO. The minimum absolute atomic E-state index is 0.873. The maximum absolute atomic E-state index is 6.84. The Kier molecular flexibility index (Phi) is 4.97. The van der Waals surface area contributed by atoms with E-state index in [1.165, 1.54) is 43.8 Å². The summed E-state index contributed by atoms with van der Waals surface area (Å²) in [5.74, 6) is 0. The summed E-state index contributed by atoms with van der Waals surface area (Å²) < 4.78 is 8.89. The number of halogens is 2. The molecule has 0 amide bonds. The maximum atomic E-state index is 6.84. The fraction of sp³-hybridized carbons (Fsp3) is 0. The summed E-state index contributed by atoms with van der Waals surface area (Å²) in [6.45, 7) is 0. The van der Waals surface area contributed by atoms with Gasteiger partial charge >= 0.3 is 0 Å². The van der Waals surface area contributed by atoms with Crippen molar-refractivity contribution in [3.05, 3.63) is 117 Å². The van der Waals surface area contributed by atoms with Crippen molar-refractivity contribution in [2.45, 2.75) is 0 Å². The van der Waals surface area contributed by atoms with E-state index in [2.05, 4.69) is 148 Å². The van der Waals surface area contributed by atoms with Gasteiger partial charge in [-0.25, -0.2) is 0 Å². The van der Waals surface area contributed by atoms with Gasteiger partial charge in [-0.2, -0.15) is 0 Å². The molecule has 166 valence electrons. The van der Waals surface area contributed by atoms with Crippen LogP contribution in [0.2, 0.25) is 0 Å². The largest absolute Gasteiger partial charge is 0.454 e. The Morgan fingerprint density at radius 1 is 0.514 bits per heavy atom. The highest BCUT2D eigenvalue weighted by Crippen LogP contribution is 2.45. The summed E-state index contributed by atoms with van der Waals surface area (Å²) in [6.07, 6.45) is 0. The van der Waals surface area contributed by atoms with E-state index in [1.807, 2.05) is 0 Å². The Hall–Kier alpha value is -3.15. The van der Waals surface area contributed by atoms with Gasteiger partial charge in [-0.1, -0.05) is 97.1 Å². The number of hydrogen-bond donors (Lipinski definition) is 0. The minimum atomic E-state index is 0.873. The molecule has 6 aromatic carbocycles. The van der Waals surface area contributed by atoms with Gasteiger partial charge in [0.25, 0.3) is 0 Å². The zero-order valence-corrected chi connectivity index (χ0v) is 22.3. The lowest BCUT2D eigenvalue weighted by molar-refractivity contribution is 0.659. The van der Waals surface area contributed by atoms with Gasteiger partial charge in [0, 0.05) is 10.8 Å². The molecule has 0 saturated carbocycles. The zero-order chi connectivity index (χ0) is 23.5. The Morgan fingerprint density at radius 3 is 1.57 bits per heavy atom. The molecule has 1 heterocycles. The van der Waals surface area contributed by atoms with Gasteiger partial charge in [0.1, 0.15) is 11.2 Å². The Labute approximate surface area is 224 Å². The Morgan fingerprint density at radius 2 is 1.00 bits per heavy atom. The molecule has 0 saturated heterocycles. The van der Waals surface area contributed by atoms with Gasteiger partial charge in [0.05, 0.1) is 8.04 Å². The molecule has 0 atom stereocenters. The summed E-state index contributed by atoms with van der Waals surface area (Å²) in [7, 11) is 0. The van der Waals surface area contributed by atoms with Crippen molar-refractivity contribution in [3.8, 4) is 22.3 Å². The molecule has 0 unspecified atom stereocenters. The second-order valence-electron chi connectivity index (χ2n) is 8.76. The van der Waals surface area contributed by atoms with Crippen LogP contribution >= 0.6 is 38.5 Å². The van der Waals surface area contributed by atoms with Crippen LogP contribution in [0.5, 0.6) is 0 Å². The summed E-state index contributed by atoms with van der Waals surface area (Å²) in [4.78, 5) is 0. The SMILES string of the molecule is Brc1cc(-c2ccccc2)c2cccc3c4cccc5c(-c6ccccc6)cc(I)c(oc1c23)c54. The van der Waals surface area contributed by atoms with E-state index in [4.69, 9.17) is 4.42 Å². The standard InChI is InChI=1S/C32H18BrIO/c33-27-17-25(19-9-3-1-4-10-19)23-15-7-13-21-22-14-8-16-24-26(20-11-5-2-6-12-20)18-28(34)32(30(22)24)35-31(27)29(21)23/h1-18H. The van der Waals surface area contributed by atoms with Crippen LogP contribution < -0.4 is 0 Å². The highest BCUT2D eigenvalue weighted by molar-refractivity contribution is 14.1. The molecule has 1 aromatic heterocycles. The van der Waals surface area contributed by atoms with Crippen LogP contribution in [0.4, 0.5) is 0 Å². The van der Waals surface area contributed by atoms with Gasteiger partial charge in [-0.05, 0) is 94.5 Å². The number of benzene rings is 6. The van der Waals surface area contributed by atoms with Crippen LogP contribution in [0.15, 0.2) is 118 Å². The fourth-order valence-electron chi connectivity index (χ4n) is 5.29. The third-order valence-electron chi connectivity index (χ3n) is 6.80. The third-order valence-corrected chi connectivity index (χ3v) is 8.19. The first kappa shape index (κ1) is 21.2. The molecule has 0 aliphatic carbocycles. The number of hydrogen-bond acceptors (Lipinski definition) is 1. The molecule has 0 spiro atoms. The normalized spacial score (nSPS) is 11.7. The maximum Gasteiger partial charge on any atom is 0.150 e. The lowest BCUT2D eigenvalue weighted by atomic mass is 9.93. The van der Waals surface area contributed by atoms with Crippen LogP contribution in [-0.2, 0) is 0 Å². The Bertz CT molecular complexity index is 1760. The van der Waals surface area contributed by atoms with Crippen LogP contribution in [0.1, 0.15) is 0 Å². The zero-order valence-electron chi connectivity index (χ0n) is 18.6. The molecule has 1 nitrogen and oxygen atoms in total. The van der Waals surface area contributed by atoms with Crippen molar-refractivity contribution in [2.75, 3.05) is 0 Å². The molecule has 0 radical (unpaired) electrons. The predicted octanol–water partition coefficient (Wildman–Crippen LogP) is 10.6. The van der Waals surface area contributed by atoms with Gasteiger partial charge in [0.2, 0.25) is 0 Å². The molecular weight excluding hydrogens is 607 g/mol. The lowest BCUT2D eigenvalue weighted by Crippen LogP contribution is -1.86. The first-order valence-corrected chi connectivity index (χ1v) is 13.4. The van der Waals surface area contributed by atoms with Crippen molar-refractivity contribution >= 4 is 82.0 Å². The van der Waals surface area contributed by atoms with Crippen molar-refractivity contribution in [1.82, 2.24) is 0 Å². The summed E-state index contributed by atoms with van der Waals surface area (Å²) in [5, 5.41) is 7.09. The topological polar surface area (TPSA) is 13.1 Å². The molecule has 35 heavy (non-hydrogen) atoms. The molecule has 0 fully saturated rings. The van der Waals surface area contributed by atoms with E-state index in [1.54, 1.807) is 0 Å². The molecule has 0 aliphatic rings. The van der Waals surface area contributed by atoms with Crippen molar-refractivity contribution in [2.24, 2.45) is 0 Å². The van der Waals surface area contributed by atoms with Crippen molar-refractivity contribution < 1.29 is 4.42 Å². The monoisotopic (exact) mass is 624 g/mol. The molecule has 7 rings (SSSR count). The molecule has 0 aliphatic heterocycles. The lowest BCUT2D eigenvalue weighted by Gasteiger charge is -2.11. The van der Waals surface area contributed by atoms with Gasteiger partial charge in [-0.15, -0.1) is 0 Å². The summed E-state index contributed by atoms with van der Waals surface area (Å²) >= 11 is 6.29. The first-order valence-electron chi connectivity index (χ1n) is 11.5. The smallest absolute Gasteiger partial charge is 0.150 e. The predicted molar refractivity (Wildman–Crippen MR) is 160 cm³/mol. The molecule has 3 heteroatoms. The molecule has 0 N–H and O–H groups in total. The fourth-order valence-corrected chi connectivity index (χ4v) is 6.48. The Balaban J connectivity index is 1.73. The molecule has 0 bridgehead atoms. The minimum Gasteiger partial charge on any atom is -0.454 e. The van der Waals surface area contributed by atoms with Crippen LogP contribution in [0, 0.1) is 3.57 Å². The van der Waals surface area contributed by atoms with Crippen LogP contribution in [0.3, 0.4) is 0 Å². The number of fused-ring (bicyclic) bond motifs is 1. The van der Waals surface area contributed by atoms with E-state index in [-0.39, 0.29) is 0 Å². The van der Waals surface area contributed by atoms with E-state index >= 15 is 0 Å². The van der Waals surface area contributed by atoms with Crippen molar-refractivity contribution in [1.29, 1.82) is 0 Å². The highest BCUT2D eigenvalue weighted by atomic mass is 127. The first-order chi connectivity index (χ1) is 17.2. The summed E-state index contributed by atoms with van der Waals surface area (Å²) in [5.41, 5.74) is 6.61. The van der Waals surface area contributed by atoms with E-state index in [9.17, 15) is 0 Å². The second kappa shape index (κ2) is 8.21. The van der Waals surface area contributed by atoms with E-state index in [0.717, 1.165) is 30.0 Å². The van der Waals surface area contributed by atoms with E-state index < -0.39 is 0 Å². The molecule has 7 aromatic rings. The number of rotatable bonds is 2. The van der Waals surface area contributed by atoms with Gasteiger partial charge < -0.3 is 4.42 Å². The highest BCUT2D eigenvalue weighted by Gasteiger charge is 2.19. The van der Waals surface area contributed by atoms with Crippen molar-refractivity contribution in [3.63, 3.8) is 0 Å². The van der Waals surface area contributed by atoms with Crippen LogP contribution in [0.25, 0.3) is 65.7 Å². The third kappa shape index (κ3) is 3.25. The average Bonchev–Trinajstić information content (AvgIpc) is 3.06.